The highest BCUT2D eigenvalue weighted by molar-refractivity contribution is 6.31. The molecule has 3 aromatic rings. The standard InChI is InChI=1S/C16H12ClF3N2/c17-12-6-5-10(9-11(12)16(18,19)20)15(13-3-1-7-21-13)14-4-2-8-22-14/h1-9,15,21-22H. The Labute approximate surface area is 129 Å². The summed E-state index contributed by atoms with van der Waals surface area (Å²) in [6, 6.07) is 11.3. The lowest BCUT2D eigenvalue weighted by atomic mass is 9.91. The van der Waals surface area contributed by atoms with Crippen LogP contribution in [-0.2, 0) is 6.18 Å². The Morgan fingerprint density at radius 1 is 0.909 bits per heavy atom. The van der Waals surface area contributed by atoms with E-state index in [1.807, 2.05) is 24.3 Å². The van der Waals surface area contributed by atoms with E-state index in [9.17, 15) is 13.2 Å². The predicted molar refractivity (Wildman–Crippen MR) is 79.0 cm³/mol. The molecule has 0 fully saturated rings. The number of aromatic amines is 2. The normalized spacial score (nSPS) is 12.0. The van der Waals surface area contributed by atoms with Gasteiger partial charge in [0.1, 0.15) is 0 Å². The molecule has 114 valence electrons. The van der Waals surface area contributed by atoms with Crippen molar-refractivity contribution in [3.05, 3.63) is 82.4 Å². The summed E-state index contributed by atoms with van der Waals surface area (Å²) in [7, 11) is 0. The van der Waals surface area contributed by atoms with E-state index in [0.29, 0.717) is 5.56 Å². The van der Waals surface area contributed by atoms with Crippen molar-refractivity contribution in [2.24, 2.45) is 0 Å². The van der Waals surface area contributed by atoms with Crippen LogP contribution in [0.2, 0.25) is 5.02 Å². The number of alkyl halides is 3. The molecule has 0 spiro atoms. The molecule has 2 nitrogen and oxygen atoms in total. The molecule has 3 rings (SSSR count). The van der Waals surface area contributed by atoms with Gasteiger partial charge in [0.15, 0.2) is 0 Å². The molecule has 2 heterocycles. The maximum absolute atomic E-state index is 13.1. The Morgan fingerprint density at radius 3 is 1.95 bits per heavy atom. The molecule has 2 N–H and O–H groups in total. The minimum atomic E-state index is -4.48. The van der Waals surface area contributed by atoms with Gasteiger partial charge in [-0.25, -0.2) is 0 Å². The average Bonchev–Trinajstić information content (AvgIpc) is 3.13. The van der Waals surface area contributed by atoms with Gasteiger partial charge in [-0.1, -0.05) is 17.7 Å². The first-order chi connectivity index (χ1) is 10.5. The van der Waals surface area contributed by atoms with Crippen LogP contribution in [0.25, 0.3) is 0 Å². The van der Waals surface area contributed by atoms with Crippen molar-refractivity contribution in [3.8, 4) is 0 Å². The molecule has 0 atom stereocenters. The zero-order valence-electron chi connectivity index (χ0n) is 11.3. The van der Waals surface area contributed by atoms with Gasteiger partial charge in [0.25, 0.3) is 0 Å². The molecule has 0 saturated heterocycles. The van der Waals surface area contributed by atoms with Gasteiger partial charge in [-0.05, 0) is 42.0 Å². The summed E-state index contributed by atoms with van der Waals surface area (Å²) in [4.78, 5) is 6.13. The van der Waals surface area contributed by atoms with E-state index >= 15 is 0 Å². The molecule has 0 saturated carbocycles. The largest absolute Gasteiger partial charge is 0.417 e. The molecule has 0 aliphatic rings. The van der Waals surface area contributed by atoms with Crippen molar-refractivity contribution in [1.82, 2.24) is 9.97 Å². The highest BCUT2D eigenvalue weighted by Gasteiger charge is 2.34. The van der Waals surface area contributed by atoms with Crippen molar-refractivity contribution in [1.29, 1.82) is 0 Å². The molecule has 0 bridgehead atoms. The number of H-pyrrole nitrogens is 2. The molecule has 6 heteroatoms. The molecular weight excluding hydrogens is 313 g/mol. The Kier molecular flexibility index (Phi) is 3.74. The van der Waals surface area contributed by atoms with Crippen LogP contribution >= 0.6 is 11.6 Å². The van der Waals surface area contributed by atoms with E-state index in [1.54, 1.807) is 18.5 Å². The summed E-state index contributed by atoms with van der Waals surface area (Å²) in [5, 5.41) is -0.298. The molecule has 0 aliphatic carbocycles. The van der Waals surface area contributed by atoms with Crippen LogP contribution in [0.4, 0.5) is 13.2 Å². The van der Waals surface area contributed by atoms with Crippen molar-refractivity contribution in [2.75, 3.05) is 0 Å². The van der Waals surface area contributed by atoms with Crippen molar-refractivity contribution in [2.45, 2.75) is 12.1 Å². The maximum Gasteiger partial charge on any atom is 0.417 e. The average molecular weight is 325 g/mol. The Hall–Kier alpha value is -2.14. The third kappa shape index (κ3) is 2.76. The second-order valence-electron chi connectivity index (χ2n) is 4.92. The number of halogens is 4. The lowest BCUT2D eigenvalue weighted by Gasteiger charge is -2.18. The van der Waals surface area contributed by atoms with Gasteiger partial charge >= 0.3 is 6.18 Å². The zero-order chi connectivity index (χ0) is 15.7. The van der Waals surface area contributed by atoms with Crippen LogP contribution in [0, 0.1) is 0 Å². The summed E-state index contributed by atoms with van der Waals surface area (Å²) in [5.41, 5.74) is 1.30. The first-order valence-corrected chi connectivity index (χ1v) is 6.98. The number of aromatic nitrogens is 2. The van der Waals surface area contributed by atoms with E-state index in [0.717, 1.165) is 17.5 Å². The monoisotopic (exact) mass is 324 g/mol. The number of rotatable bonds is 3. The van der Waals surface area contributed by atoms with Gasteiger partial charge in [0.05, 0.1) is 16.5 Å². The Morgan fingerprint density at radius 2 is 1.50 bits per heavy atom. The number of benzene rings is 1. The van der Waals surface area contributed by atoms with Crippen LogP contribution < -0.4 is 0 Å². The summed E-state index contributed by atoms with van der Waals surface area (Å²) >= 11 is 5.70. The van der Waals surface area contributed by atoms with Crippen LogP contribution in [0.3, 0.4) is 0 Å². The summed E-state index contributed by atoms with van der Waals surface area (Å²) in [5.74, 6) is -0.344. The fourth-order valence-corrected chi connectivity index (χ4v) is 2.74. The van der Waals surface area contributed by atoms with Gasteiger partial charge in [0, 0.05) is 23.8 Å². The molecular formula is C16H12ClF3N2. The third-order valence-corrected chi connectivity index (χ3v) is 3.82. The second kappa shape index (κ2) is 5.57. The van der Waals surface area contributed by atoms with E-state index in [2.05, 4.69) is 9.97 Å². The topological polar surface area (TPSA) is 31.6 Å². The third-order valence-electron chi connectivity index (χ3n) is 3.50. The summed E-state index contributed by atoms with van der Waals surface area (Å²) in [6.07, 6.45) is -0.999. The molecule has 0 amide bonds. The van der Waals surface area contributed by atoms with E-state index in [1.165, 1.54) is 6.07 Å². The quantitative estimate of drug-likeness (QED) is 0.664. The SMILES string of the molecule is FC(F)(F)c1cc(C(c2ccc[nH]2)c2ccc[nH]2)ccc1Cl. The first-order valence-electron chi connectivity index (χ1n) is 6.60. The molecule has 1 aromatic carbocycles. The van der Waals surface area contributed by atoms with Crippen LogP contribution in [0.15, 0.2) is 54.9 Å². The molecule has 2 aromatic heterocycles. The van der Waals surface area contributed by atoms with Gasteiger partial charge in [-0.15, -0.1) is 0 Å². The second-order valence-corrected chi connectivity index (χ2v) is 5.33. The summed E-state index contributed by atoms with van der Waals surface area (Å²) < 4.78 is 39.2. The lowest BCUT2D eigenvalue weighted by molar-refractivity contribution is -0.137. The number of hydrogen-bond acceptors (Lipinski definition) is 0. The smallest absolute Gasteiger partial charge is 0.364 e. The molecule has 0 radical (unpaired) electrons. The van der Waals surface area contributed by atoms with Crippen LogP contribution in [0.5, 0.6) is 0 Å². The molecule has 0 aliphatic heterocycles. The Balaban J connectivity index is 2.14. The fraction of sp³-hybridized carbons (Fsp3) is 0.125. The van der Waals surface area contributed by atoms with Gasteiger partial charge in [-0.3, -0.25) is 0 Å². The first kappa shape index (κ1) is 14.8. The van der Waals surface area contributed by atoms with Gasteiger partial charge in [0.2, 0.25) is 0 Å². The number of hydrogen-bond donors (Lipinski definition) is 2. The maximum atomic E-state index is 13.1. The van der Waals surface area contributed by atoms with Gasteiger partial charge in [-0.2, -0.15) is 13.2 Å². The van der Waals surface area contributed by atoms with Crippen LogP contribution in [-0.4, -0.2) is 9.97 Å². The van der Waals surface area contributed by atoms with Gasteiger partial charge < -0.3 is 9.97 Å². The lowest BCUT2D eigenvalue weighted by Crippen LogP contribution is -2.10. The predicted octanol–water partition coefficient (Wildman–Crippen LogP) is 5.20. The minimum Gasteiger partial charge on any atom is -0.364 e. The zero-order valence-corrected chi connectivity index (χ0v) is 12.0. The van der Waals surface area contributed by atoms with Crippen LogP contribution in [0.1, 0.15) is 28.4 Å². The van der Waals surface area contributed by atoms with Crippen molar-refractivity contribution >= 4 is 11.6 Å². The van der Waals surface area contributed by atoms with E-state index in [4.69, 9.17) is 11.6 Å². The number of nitrogens with one attached hydrogen (secondary N) is 2. The Bertz CT molecular complexity index is 712. The van der Waals surface area contributed by atoms with Crippen molar-refractivity contribution in [3.63, 3.8) is 0 Å². The highest BCUT2D eigenvalue weighted by Crippen LogP contribution is 2.38. The fourth-order valence-electron chi connectivity index (χ4n) is 2.51. The van der Waals surface area contributed by atoms with E-state index in [-0.39, 0.29) is 10.9 Å². The summed E-state index contributed by atoms with van der Waals surface area (Å²) in [6.45, 7) is 0. The minimum absolute atomic E-state index is 0.298. The highest BCUT2D eigenvalue weighted by atomic mass is 35.5. The molecule has 0 unspecified atom stereocenters. The molecule has 22 heavy (non-hydrogen) atoms. The van der Waals surface area contributed by atoms with Crippen molar-refractivity contribution < 1.29 is 13.2 Å². The van der Waals surface area contributed by atoms with E-state index < -0.39 is 11.7 Å².